The lowest BCUT2D eigenvalue weighted by atomic mass is 10.1. The van der Waals surface area contributed by atoms with Crippen molar-refractivity contribution in [2.45, 2.75) is 26.1 Å². The van der Waals surface area contributed by atoms with Gasteiger partial charge in [-0.15, -0.1) is 0 Å². The number of aliphatic hydroxyl groups excluding tert-OH is 1. The standard InChI is InChI=1S/C25H20F3N5O3/c1-15(14-34)31-23(35)22(21-11-12-30-33(21)19-9-7-18(29-3)8-10-19)16(2)32(24(31)36)20-6-4-5-17(13-20)25(26,27)28/h4-13,15,34H,14H2,1-2H3/t15-/m1/s1. The van der Waals surface area contributed by atoms with Crippen LogP contribution in [0.15, 0.2) is 70.4 Å². The minimum atomic E-state index is -4.64. The molecule has 1 N–H and O–H groups in total. The molecule has 184 valence electrons. The zero-order chi connectivity index (χ0) is 26.2. The number of hydrogen-bond donors (Lipinski definition) is 1. The van der Waals surface area contributed by atoms with Crippen LogP contribution in [0.2, 0.25) is 0 Å². The zero-order valence-corrected chi connectivity index (χ0v) is 19.2. The largest absolute Gasteiger partial charge is 0.416 e. The highest BCUT2D eigenvalue weighted by molar-refractivity contribution is 5.65. The van der Waals surface area contributed by atoms with Crippen molar-refractivity contribution in [3.05, 3.63) is 104 Å². The summed E-state index contributed by atoms with van der Waals surface area (Å²) in [6, 6.07) is 11.3. The predicted molar refractivity (Wildman–Crippen MR) is 127 cm³/mol. The SMILES string of the molecule is [C-]#[N+]c1ccc(-n2nccc2-c2c(C)n(-c3cccc(C(F)(F)F)c3)c(=O)n([C@H](C)CO)c2=O)cc1. The lowest BCUT2D eigenvalue weighted by molar-refractivity contribution is -0.137. The van der Waals surface area contributed by atoms with Gasteiger partial charge in [0.2, 0.25) is 0 Å². The molecule has 0 amide bonds. The first kappa shape index (κ1) is 24.7. The van der Waals surface area contributed by atoms with E-state index in [4.69, 9.17) is 6.57 Å². The summed E-state index contributed by atoms with van der Waals surface area (Å²) in [6.45, 7) is 9.50. The Morgan fingerprint density at radius 1 is 1.08 bits per heavy atom. The maximum absolute atomic E-state index is 13.6. The number of halogens is 3. The molecule has 2 aromatic carbocycles. The molecule has 11 heteroatoms. The van der Waals surface area contributed by atoms with Crippen molar-refractivity contribution in [2.24, 2.45) is 0 Å². The maximum atomic E-state index is 13.6. The van der Waals surface area contributed by atoms with Crippen LogP contribution in [0.5, 0.6) is 0 Å². The van der Waals surface area contributed by atoms with Crippen LogP contribution in [0.1, 0.15) is 24.2 Å². The first-order chi connectivity index (χ1) is 17.1. The molecule has 1 atom stereocenters. The summed E-state index contributed by atoms with van der Waals surface area (Å²) in [5, 5.41) is 14.0. The molecule has 0 bridgehead atoms. The molecule has 8 nitrogen and oxygen atoms in total. The van der Waals surface area contributed by atoms with Crippen LogP contribution in [0, 0.1) is 13.5 Å². The van der Waals surface area contributed by atoms with E-state index in [1.807, 2.05) is 0 Å². The van der Waals surface area contributed by atoms with Gasteiger partial charge in [0.05, 0.1) is 53.6 Å². The van der Waals surface area contributed by atoms with Gasteiger partial charge in [0, 0.05) is 5.69 Å². The first-order valence-corrected chi connectivity index (χ1v) is 10.8. The molecule has 36 heavy (non-hydrogen) atoms. The highest BCUT2D eigenvalue weighted by Crippen LogP contribution is 2.31. The van der Waals surface area contributed by atoms with Crippen LogP contribution in [0.3, 0.4) is 0 Å². The number of aromatic nitrogens is 4. The number of nitrogens with zero attached hydrogens (tertiary/aromatic N) is 5. The Balaban J connectivity index is 2.05. The van der Waals surface area contributed by atoms with Gasteiger partial charge < -0.3 is 5.11 Å². The molecule has 0 fully saturated rings. The van der Waals surface area contributed by atoms with E-state index in [1.165, 1.54) is 36.9 Å². The second-order valence-corrected chi connectivity index (χ2v) is 8.09. The topological polar surface area (TPSA) is 86.4 Å². The summed E-state index contributed by atoms with van der Waals surface area (Å²) in [7, 11) is 0. The molecule has 0 radical (unpaired) electrons. The van der Waals surface area contributed by atoms with Crippen LogP contribution in [-0.4, -0.2) is 30.6 Å². The second kappa shape index (κ2) is 9.31. The molecule has 4 aromatic rings. The fraction of sp³-hybridized carbons (Fsp3) is 0.200. The second-order valence-electron chi connectivity index (χ2n) is 8.09. The van der Waals surface area contributed by atoms with Crippen molar-refractivity contribution >= 4 is 5.69 Å². The van der Waals surface area contributed by atoms with Gasteiger partial charge >= 0.3 is 11.9 Å². The number of hydrogen-bond acceptors (Lipinski definition) is 4. The Hall–Kier alpha value is -4.43. The zero-order valence-electron chi connectivity index (χ0n) is 19.2. The number of rotatable bonds is 5. The molecular weight excluding hydrogens is 475 g/mol. The van der Waals surface area contributed by atoms with Gasteiger partial charge in [-0.3, -0.25) is 13.9 Å². The highest BCUT2D eigenvalue weighted by atomic mass is 19.4. The van der Waals surface area contributed by atoms with Gasteiger partial charge in [-0.05, 0) is 50.2 Å². The smallest absolute Gasteiger partial charge is 0.394 e. The molecule has 0 aliphatic rings. The molecule has 2 aromatic heterocycles. The third kappa shape index (κ3) is 4.23. The molecule has 0 spiro atoms. The summed E-state index contributed by atoms with van der Waals surface area (Å²) >= 11 is 0. The van der Waals surface area contributed by atoms with Crippen LogP contribution in [-0.2, 0) is 6.18 Å². The molecular formula is C25H20F3N5O3. The number of aliphatic hydroxyl groups is 1. The lowest BCUT2D eigenvalue weighted by Gasteiger charge is -2.21. The fourth-order valence-electron chi connectivity index (χ4n) is 3.98. The number of benzene rings is 2. The van der Waals surface area contributed by atoms with Gasteiger partial charge in [-0.1, -0.05) is 18.2 Å². The Kier molecular flexibility index (Phi) is 6.39. The molecule has 2 heterocycles. The molecule has 4 rings (SSSR count). The molecule has 0 saturated carbocycles. The summed E-state index contributed by atoms with van der Waals surface area (Å²) in [4.78, 5) is 30.3. The summed E-state index contributed by atoms with van der Waals surface area (Å²) in [6.07, 6.45) is -3.20. The minimum absolute atomic E-state index is 0.0269. The van der Waals surface area contributed by atoms with E-state index in [9.17, 15) is 27.9 Å². The van der Waals surface area contributed by atoms with E-state index in [2.05, 4.69) is 9.94 Å². The Labute approximate surface area is 202 Å². The number of alkyl halides is 3. The summed E-state index contributed by atoms with van der Waals surface area (Å²) in [5.41, 5.74) is -1.29. The molecule has 0 unspecified atom stereocenters. The average Bonchev–Trinajstić information content (AvgIpc) is 3.33. The first-order valence-electron chi connectivity index (χ1n) is 10.8. The van der Waals surface area contributed by atoms with Crippen molar-refractivity contribution < 1.29 is 18.3 Å². The van der Waals surface area contributed by atoms with Crippen molar-refractivity contribution in [1.29, 1.82) is 0 Å². The van der Waals surface area contributed by atoms with Crippen molar-refractivity contribution in [3.8, 4) is 22.6 Å². The Bertz CT molecular complexity index is 1590. The van der Waals surface area contributed by atoms with E-state index >= 15 is 0 Å². The quantitative estimate of drug-likeness (QED) is 0.419. The lowest BCUT2D eigenvalue weighted by Crippen LogP contribution is -2.44. The van der Waals surface area contributed by atoms with E-state index in [1.54, 1.807) is 30.3 Å². The van der Waals surface area contributed by atoms with Gasteiger partial charge in [-0.2, -0.15) is 18.3 Å². The van der Waals surface area contributed by atoms with E-state index in [-0.39, 0.29) is 22.6 Å². The van der Waals surface area contributed by atoms with Gasteiger partial charge in [0.1, 0.15) is 0 Å². The highest BCUT2D eigenvalue weighted by Gasteiger charge is 2.31. The molecule has 0 aliphatic carbocycles. The monoisotopic (exact) mass is 495 g/mol. The van der Waals surface area contributed by atoms with Crippen molar-refractivity contribution in [2.75, 3.05) is 6.61 Å². The van der Waals surface area contributed by atoms with Gasteiger partial charge in [-0.25, -0.2) is 14.3 Å². The fourth-order valence-corrected chi connectivity index (χ4v) is 3.98. The maximum Gasteiger partial charge on any atom is 0.416 e. The Morgan fingerprint density at radius 2 is 1.78 bits per heavy atom. The third-order valence-corrected chi connectivity index (χ3v) is 5.79. The van der Waals surface area contributed by atoms with Crippen molar-refractivity contribution in [3.63, 3.8) is 0 Å². The van der Waals surface area contributed by atoms with Crippen LogP contribution in [0.4, 0.5) is 18.9 Å². The summed E-state index contributed by atoms with van der Waals surface area (Å²) in [5.74, 6) is 0. The van der Waals surface area contributed by atoms with Gasteiger partial charge in [0.15, 0.2) is 5.69 Å². The third-order valence-electron chi connectivity index (χ3n) is 5.79. The minimum Gasteiger partial charge on any atom is -0.394 e. The normalized spacial score (nSPS) is 12.4. The predicted octanol–water partition coefficient (Wildman–Crippen LogP) is 4.28. The van der Waals surface area contributed by atoms with Crippen LogP contribution >= 0.6 is 0 Å². The van der Waals surface area contributed by atoms with Crippen LogP contribution in [0.25, 0.3) is 27.5 Å². The average molecular weight is 495 g/mol. The van der Waals surface area contributed by atoms with Crippen LogP contribution < -0.4 is 11.2 Å². The molecule has 0 saturated heterocycles. The Morgan fingerprint density at radius 3 is 2.39 bits per heavy atom. The van der Waals surface area contributed by atoms with E-state index < -0.39 is 35.6 Å². The molecule has 0 aliphatic heterocycles. The van der Waals surface area contributed by atoms with Crippen molar-refractivity contribution in [1.82, 2.24) is 18.9 Å². The van der Waals surface area contributed by atoms with Gasteiger partial charge in [0.25, 0.3) is 5.56 Å². The van der Waals surface area contributed by atoms with E-state index in [0.717, 1.165) is 21.3 Å². The summed E-state index contributed by atoms with van der Waals surface area (Å²) < 4.78 is 43.5. The van der Waals surface area contributed by atoms with E-state index in [0.29, 0.717) is 11.4 Å².